The molecule has 1 aromatic rings. The smallest absolute Gasteiger partial charge is 0.251 e. The van der Waals surface area contributed by atoms with Crippen molar-refractivity contribution in [2.75, 3.05) is 31.9 Å². The maximum Gasteiger partial charge on any atom is 0.251 e. The van der Waals surface area contributed by atoms with E-state index in [-0.39, 0.29) is 5.91 Å². The van der Waals surface area contributed by atoms with Crippen molar-refractivity contribution in [2.24, 2.45) is 0 Å². The van der Waals surface area contributed by atoms with Crippen LogP contribution in [0.1, 0.15) is 36.2 Å². The fourth-order valence-electron chi connectivity index (χ4n) is 2.10. The van der Waals surface area contributed by atoms with Crippen LogP contribution in [0, 0.1) is 6.92 Å². The van der Waals surface area contributed by atoms with Gasteiger partial charge in [0.05, 0.1) is 0 Å². The van der Waals surface area contributed by atoms with E-state index in [4.69, 9.17) is 5.73 Å². The van der Waals surface area contributed by atoms with Crippen LogP contribution in [0.2, 0.25) is 0 Å². The number of halogens is 1. The Kier molecular flexibility index (Phi) is 7.02. The molecule has 0 radical (unpaired) electrons. The largest absolute Gasteiger partial charge is 0.398 e. The third kappa shape index (κ3) is 4.80. The van der Waals surface area contributed by atoms with Crippen molar-refractivity contribution in [1.82, 2.24) is 10.2 Å². The number of nitrogens with zero attached hydrogens (tertiary/aromatic N) is 1. The van der Waals surface area contributed by atoms with Crippen LogP contribution >= 0.6 is 15.9 Å². The summed E-state index contributed by atoms with van der Waals surface area (Å²) in [6.45, 7) is 9.76. The molecule has 1 rings (SSSR count). The molecule has 0 fully saturated rings. The number of benzene rings is 1. The quantitative estimate of drug-likeness (QED) is 0.749. The summed E-state index contributed by atoms with van der Waals surface area (Å²) >= 11 is 3.37. The Morgan fingerprint density at radius 3 is 2.65 bits per heavy atom. The maximum absolute atomic E-state index is 12.2. The number of nitrogens with one attached hydrogen (secondary N) is 1. The Balaban J connectivity index is 2.59. The Bertz CT molecular complexity index is 463. The molecule has 0 unspecified atom stereocenters. The zero-order valence-corrected chi connectivity index (χ0v) is 14.1. The molecule has 1 aromatic carbocycles. The van der Waals surface area contributed by atoms with E-state index in [1.165, 1.54) is 0 Å². The van der Waals surface area contributed by atoms with Gasteiger partial charge in [-0.05, 0) is 44.1 Å². The highest BCUT2D eigenvalue weighted by Crippen LogP contribution is 2.22. The van der Waals surface area contributed by atoms with E-state index in [0.717, 1.165) is 36.1 Å². The van der Waals surface area contributed by atoms with E-state index in [9.17, 15) is 4.79 Å². The van der Waals surface area contributed by atoms with Crippen molar-refractivity contribution >= 4 is 27.5 Å². The Morgan fingerprint density at radius 1 is 1.35 bits per heavy atom. The fourth-order valence-corrected chi connectivity index (χ4v) is 2.58. The molecule has 0 aliphatic heterocycles. The van der Waals surface area contributed by atoms with Gasteiger partial charge in [0.2, 0.25) is 0 Å². The number of likely N-dealkylation sites (N-methyl/N-ethyl adjacent to an activating group) is 1. The van der Waals surface area contributed by atoms with Crippen LogP contribution in [0.5, 0.6) is 0 Å². The van der Waals surface area contributed by atoms with Gasteiger partial charge in [0.15, 0.2) is 0 Å². The predicted octanol–water partition coefficient (Wildman–Crippen LogP) is 2.80. The number of carbonyl (C=O) groups excluding carboxylic acids is 1. The monoisotopic (exact) mass is 341 g/mol. The van der Waals surface area contributed by atoms with Crippen LogP contribution in [-0.2, 0) is 0 Å². The van der Waals surface area contributed by atoms with Gasteiger partial charge in [-0.1, -0.05) is 29.8 Å². The van der Waals surface area contributed by atoms with Gasteiger partial charge >= 0.3 is 0 Å². The first-order valence-electron chi connectivity index (χ1n) is 7.05. The second-order valence-corrected chi connectivity index (χ2v) is 5.77. The van der Waals surface area contributed by atoms with Crippen molar-refractivity contribution in [3.05, 3.63) is 27.7 Å². The number of nitrogens with two attached hydrogens (primary N) is 1. The van der Waals surface area contributed by atoms with Gasteiger partial charge in [-0.3, -0.25) is 4.79 Å². The van der Waals surface area contributed by atoms with Crippen LogP contribution < -0.4 is 11.1 Å². The summed E-state index contributed by atoms with van der Waals surface area (Å²) in [7, 11) is 0. The van der Waals surface area contributed by atoms with Gasteiger partial charge in [-0.15, -0.1) is 0 Å². The van der Waals surface area contributed by atoms with Crippen LogP contribution in [0.4, 0.5) is 5.69 Å². The Labute approximate surface area is 129 Å². The molecule has 3 N–H and O–H groups in total. The second-order valence-electron chi connectivity index (χ2n) is 4.86. The van der Waals surface area contributed by atoms with E-state index >= 15 is 0 Å². The number of rotatable bonds is 7. The lowest BCUT2D eigenvalue weighted by molar-refractivity contribution is 0.0948. The van der Waals surface area contributed by atoms with E-state index in [2.05, 4.69) is 40.0 Å². The van der Waals surface area contributed by atoms with Crippen molar-refractivity contribution in [2.45, 2.75) is 27.2 Å². The Morgan fingerprint density at radius 2 is 2.05 bits per heavy atom. The molecule has 1 amide bonds. The molecular weight excluding hydrogens is 318 g/mol. The molecule has 0 saturated heterocycles. The standard InChI is InChI=1S/C15H24BrN3O/c1-4-7-19(5-2)8-6-18-15(20)13-9-12(16)10-14(17)11(13)3/h9-10H,4-8,17H2,1-3H3,(H,18,20). The third-order valence-electron chi connectivity index (χ3n) is 3.36. The van der Waals surface area contributed by atoms with Crippen molar-refractivity contribution < 1.29 is 4.79 Å². The summed E-state index contributed by atoms with van der Waals surface area (Å²) in [6.07, 6.45) is 1.13. The van der Waals surface area contributed by atoms with Crippen LogP contribution in [-0.4, -0.2) is 37.0 Å². The molecule has 4 nitrogen and oxygen atoms in total. The first kappa shape index (κ1) is 17.0. The highest BCUT2D eigenvalue weighted by Gasteiger charge is 2.12. The van der Waals surface area contributed by atoms with Crippen molar-refractivity contribution in [3.63, 3.8) is 0 Å². The third-order valence-corrected chi connectivity index (χ3v) is 3.82. The molecule has 20 heavy (non-hydrogen) atoms. The van der Waals surface area contributed by atoms with E-state index < -0.39 is 0 Å². The predicted molar refractivity (Wildman–Crippen MR) is 88.0 cm³/mol. The topological polar surface area (TPSA) is 58.4 Å². The fraction of sp³-hybridized carbons (Fsp3) is 0.533. The van der Waals surface area contributed by atoms with Gasteiger partial charge in [0.25, 0.3) is 5.91 Å². The minimum atomic E-state index is -0.0666. The average molecular weight is 342 g/mol. The summed E-state index contributed by atoms with van der Waals surface area (Å²) in [5, 5.41) is 2.96. The molecule has 0 aliphatic carbocycles. The van der Waals surface area contributed by atoms with Crippen LogP contribution in [0.15, 0.2) is 16.6 Å². The average Bonchev–Trinajstić information content (AvgIpc) is 2.41. The zero-order valence-electron chi connectivity index (χ0n) is 12.5. The lowest BCUT2D eigenvalue weighted by atomic mass is 10.1. The number of amides is 1. The molecule has 0 aromatic heterocycles. The van der Waals surface area contributed by atoms with Gasteiger partial charge in [0.1, 0.15) is 0 Å². The number of hydrogen-bond donors (Lipinski definition) is 2. The molecule has 0 heterocycles. The SMILES string of the molecule is CCCN(CC)CCNC(=O)c1cc(Br)cc(N)c1C. The first-order chi connectivity index (χ1) is 9.49. The summed E-state index contributed by atoms with van der Waals surface area (Å²) in [5.74, 6) is -0.0666. The maximum atomic E-state index is 12.2. The molecule has 5 heteroatoms. The minimum Gasteiger partial charge on any atom is -0.398 e. The van der Waals surface area contributed by atoms with Crippen molar-refractivity contribution in [1.29, 1.82) is 0 Å². The van der Waals surface area contributed by atoms with Gasteiger partial charge in [-0.2, -0.15) is 0 Å². The molecular formula is C15H24BrN3O. The zero-order chi connectivity index (χ0) is 15.1. The van der Waals surface area contributed by atoms with E-state index in [1.807, 2.05) is 19.1 Å². The van der Waals surface area contributed by atoms with Gasteiger partial charge < -0.3 is 16.0 Å². The molecule has 0 saturated carbocycles. The number of anilines is 1. The molecule has 0 aliphatic rings. The highest BCUT2D eigenvalue weighted by atomic mass is 79.9. The lowest BCUT2D eigenvalue weighted by Gasteiger charge is -2.19. The minimum absolute atomic E-state index is 0.0666. The molecule has 0 atom stereocenters. The molecule has 0 spiro atoms. The number of carbonyl (C=O) groups is 1. The van der Waals surface area contributed by atoms with Crippen LogP contribution in [0.25, 0.3) is 0 Å². The normalized spacial score (nSPS) is 10.8. The summed E-state index contributed by atoms with van der Waals surface area (Å²) in [4.78, 5) is 14.5. The first-order valence-corrected chi connectivity index (χ1v) is 7.85. The molecule has 112 valence electrons. The Hall–Kier alpha value is -1.07. The van der Waals surface area contributed by atoms with Gasteiger partial charge in [0, 0.05) is 28.8 Å². The highest BCUT2D eigenvalue weighted by molar-refractivity contribution is 9.10. The van der Waals surface area contributed by atoms with E-state index in [0.29, 0.717) is 17.8 Å². The summed E-state index contributed by atoms with van der Waals surface area (Å²) < 4.78 is 0.826. The van der Waals surface area contributed by atoms with Crippen LogP contribution in [0.3, 0.4) is 0 Å². The molecule has 0 bridgehead atoms. The van der Waals surface area contributed by atoms with Gasteiger partial charge in [-0.25, -0.2) is 0 Å². The number of nitrogen functional groups attached to an aromatic ring is 1. The van der Waals surface area contributed by atoms with E-state index in [1.54, 1.807) is 0 Å². The number of hydrogen-bond acceptors (Lipinski definition) is 3. The summed E-state index contributed by atoms with van der Waals surface area (Å²) in [6, 6.07) is 3.62. The lowest BCUT2D eigenvalue weighted by Crippen LogP contribution is -2.35. The van der Waals surface area contributed by atoms with Crippen molar-refractivity contribution in [3.8, 4) is 0 Å². The second kappa shape index (κ2) is 8.27. The summed E-state index contributed by atoms with van der Waals surface area (Å²) in [5.41, 5.74) is 7.97.